The minimum absolute atomic E-state index is 0.0339. The van der Waals surface area contributed by atoms with Crippen LogP contribution in [0, 0.1) is 10.1 Å². The van der Waals surface area contributed by atoms with Crippen LogP contribution in [0.2, 0.25) is 0 Å². The van der Waals surface area contributed by atoms with Gasteiger partial charge in [-0.15, -0.1) is 0 Å². The number of benzene rings is 2. The first-order chi connectivity index (χ1) is 12.0. The van der Waals surface area contributed by atoms with E-state index in [4.69, 9.17) is 9.47 Å². The molecule has 1 atom stereocenters. The molecule has 2 aromatic carbocycles. The van der Waals surface area contributed by atoms with Crippen LogP contribution in [-0.4, -0.2) is 24.4 Å². The number of nitrogens with one attached hydrogen (secondary N) is 1. The van der Waals surface area contributed by atoms with E-state index in [2.05, 4.69) is 10.5 Å². The van der Waals surface area contributed by atoms with Gasteiger partial charge in [0.05, 0.1) is 30.0 Å². The fourth-order valence-corrected chi connectivity index (χ4v) is 2.04. The lowest BCUT2D eigenvalue weighted by Crippen LogP contribution is -2.12. The molecule has 2 rings (SSSR count). The second kappa shape index (κ2) is 8.68. The zero-order chi connectivity index (χ0) is 18.2. The quantitative estimate of drug-likeness (QED) is 0.440. The summed E-state index contributed by atoms with van der Waals surface area (Å²) in [5.41, 5.74) is 4.30. The van der Waals surface area contributed by atoms with Crippen LogP contribution in [0.25, 0.3) is 0 Å². The maximum atomic E-state index is 10.7. The molecule has 132 valence electrons. The topological polar surface area (TPSA) is 86.0 Å². The lowest BCUT2D eigenvalue weighted by Gasteiger charge is -2.17. The lowest BCUT2D eigenvalue weighted by molar-refractivity contribution is -0.384. The van der Waals surface area contributed by atoms with E-state index in [1.165, 1.54) is 12.1 Å². The first kappa shape index (κ1) is 18.3. The molecule has 1 N–H and O–H groups in total. The van der Waals surface area contributed by atoms with Gasteiger partial charge in [0.15, 0.2) is 11.5 Å². The Bertz CT molecular complexity index is 744. The SMILES string of the molecule is CCC(C)Oc1c(C=NNc2ccc([N+](=O)[O-])cc2)cccc1OC. The third-order valence-corrected chi connectivity index (χ3v) is 3.60. The van der Waals surface area contributed by atoms with Crippen LogP contribution in [0.15, 0.2) is 47.6 Å². The maximum absolute atomic E-state index is 10.7. The minimum Gasteiger partial charge on any atom is -0.493 e. The Balaban J connectivity index is 2.15. The van der Waals surface area contributed by atoms with Gasteiger partial charge >= 0.3 is 0 Å². The van der Waals surface area contributed by atoms with Gasteiger partial charge in [0.2, 0.25) is 0 Å². The van der Waals surface area contributed by atoms with E-state index in [1.807, 2.05) is 32.0 Å². The maximum Gasteiger partial charge on any atom is 0.269 e. The molecule has 0 saturated carbocycles. The molecule has 7 nitrogen and oxygen atoms in total. The molecule has 0 fully saturated rings. The van der Waals surface area contributed by atoms with Crippen molar-refractivity contribution in [2.24, 2.45) is 5.10 Å². The molecule has 0 aliphatic rings. The second-order valence-electron chi connectivity index (χ2n) is 5.39. The van der Waals surface area contributed by atoms with Crippen molar-refractivity contribution in [1.82, 2.24) is 0 Å². The van der Waals surface area contributed by atoms with E-state index in [0.29, 0.717) is 17.2 Å². The molecule has 2 aromatic rings. The largest absolute Gasteiger partial charge is 0.493 e. The summed E-state index contributed by atoms with van der Waals surface area (Å²) < 4.78 is 11.3. The number of anilines is 1. The number of hydrazone groups is 1. The van der Waals surface area contributed by atoms with Crippen LogP contribution < -0.4 is 14.9 Å². The molecule has 1 unspecified atom stereocenters. The van der Waals surface area contributed by atoms with Gasteiger partial charge in [0.25, 0.3) is 5.69 Å². The van der Waals surface area contributed by atoms with Crippen LogP contribution in [0.5, 0.6) is 11.5 Å². The van der Waals surface area contributed by atoms with E-state index in [0.717, 1.165) is 12.0 Å². The average molecular weight is 343 g/mol. The number of non-ortho nitro benzene ring substituents is 1. The summed E-state index contributed by atoms with van der Waals surface area (Å²) >= 11 is 0. The third-order valence-electron chi connectivity index (χ3n) is 3.60. The summed E-state index contributed by atoms with van der Waals surface area (Å²) in [7, 11) is 1.59. The Morgan fingerprint density at radius 2 is 2.00 bits per heavy atom. The monoisotopic (exact) mass is 343 g/mol. The summed E-state index contributed by atoms with van der Waals surface area (Å²) in [5.74, 6) is 1.27. The summed E-state index contributed by atoms with van der Waals surface area (Å²) in [6, 6.07) is 11.6. The second-order valence-corrected chi connectivity index (χ2v) is 5.39. The Kier molecular flexibility index (Phi) is 6.33. The van der Waals surface area contributed by atoms with Crippen molar-refractivity contribution >= 4 is 17.6 Å². The number of para-hydroxylation sites is 1. The lowest BCUT2D eigenvalue weighted by atomic mass is 10.2. The van der Waals surface area contributed by atoms with Gasteiger partial charge in [-0.05, 0) is 37.6 Å². The van der Waals surface area contributed by atoms with Crippen molar-refractivity contribution in [3.63, 3.8) is 0 Å². The van der Waals surface area contributed by atoms with Gasteiger partial charge in [-0.25, -0.2) is 0 Å². The van der Waals surface area contributed by atoms with Crippen molar-refractivity contribution < 1.29 is 14.4 Å². The number of nitro benzene ring substituents is 1. The number of ether oxygens (including phenoxy) is 2. The highest BCUT2D eigenvalue weighted by Gasteiger charge is 2.12. The number of hydrogen-bond donors (Lipinski definition) is 1. The van der Waals surface area contributed by atoms with Crippen molar-refractivity contribution in [1.29, 1.82) is 0 Å². The predicted octanol–water partition coefficient (Wildman–Crippen LogP) is 4.23. The van der Waals surface area contributed by atoms with Crippen molar-refractivity contribution in [2.45, 2.75) is 26.4 Å². The number of rotatable bonds is 8. The summed E-state index contributed by atoms with van der Waals surface area (Å²) in [4.78, 5) is 10.2. The molecule has 0 bridgehead atoms. The summed E-state index contributed by atoms with van der Waals surface area (Å²) in [6.45, 7) is 4.03. The van der Waals surface area contributed by atoms with Crippen molar-refractivity contribution in [3.05, 3.63) is 58.1 Å². The number of hydrogen-bond acceptors (Lipinski definition) is 6. The zero-order valence-electron chi connectivity index (χ0n) is 14.4. The van der Waals surface area contributed by atoms with Crippen LogP contribution >= 0.6 is 0 Å². The number of methoxy groups -OCH3 is 1. The zero-order valence-corrected chi connectivity index (χ0v) is 14.4. The Morgan fingerprint density at radius 1 is 1.28 bits per heavy atom. The fraction of sp³-hybridized carbons (Fsp3) is 0.278. The van der Waals surface area contributed by atoms with E-state index in [1.54, 1.807) is 25.5 Å². The normalized spacial score (nSPS) is 12.0. The fourth-order valence-electron chi connectivity index (χ4n) is 2.04. The van der Waals surface area contributed by atoms with Gasteiger partial charge in [0, 0.05) is 17.7 Å². The molecular formula is C18H21N3O4. The Hall–Kier alpha value is -3.09. The molecule has 0 radical (unpaired) electrons. The molecular weight excluding hydrogens is 322 g/mol. The highest BCUT2D eigenvalue weighted by atomic mass is 16.6. The Morgan fingerprint density at radius 3 is 2.60 bits per heavy atom. The van der Waals surface area contributed by atoms with Gasteiger partial charge in [0.1, 0.15) is 0 Å². The summed E-state index contributed by atoms with van der Waals surface area (Å²) in [6.07, 6.45) is 2.54. The first-order valence-corrected chi connectivity index (χ1v) is 7.92. The predicted molar refractivity (Wildman–Crippen MR) is 97.7 cm³/mol. The molecule has 0 aromatic heterocycles. The molecule has 0 aliphatic carbocycles. The number of nitro groups is 1. The van der Waals surface area contributed by atoms with E-state index in [9.17, 15) is 10.1 Å². The molecule has 0 heterocycles. The smallest absolute Gasteiger partial charge is 0.269 e. The van der Waals surface area contributed by atoms with Gasteiger partial charge in [-0.1, -0.05) is 13.0 Å². The number of nitrogens with zero attached hydrogens (tertiary/aromatic N) is 2. The molecule has 0 amide bonds. The molecule has 25 heavy (non-hydrogen) atoms. The molecule has 0 saturated heterocycles. The first-order valence-electron chi connectivity index (χ1n) is 7.92. The highest BCUT2D eigenvalue weighted by molar-refractivity contribution is 5.85. The van der Waals surface area contributed by atoms with Crippen molar-refractivity contribution in [2.75, 3.05) is 12.5 Å². The molecule has 7 heteroatoms. The third kappa shape index (κ3) is 4.94. The van der Waals surface area contributed by atoms with Crippen molar-refractivity contribution in [3.8, 4) is 11.5 Å². The van der Waals surface area contributed by atoms with Gasteiger partial charge < -0.3 is 9.47 Å². The Labute approximate surface area is 146 Å². The van der Waals surface area contributed by atoms with Gasteiger partial charge in [-0.3, -0.25) is 15.5 Å². The molecule has 0 aliphatic heterocycles. The minimum atomic E-state index is -0.443. The van der Waals surface area contributed by atoms with Crippen LogP contribution in [0.1, 0.15) is 25.8 Å². The van der Waals surface area contributed by atoms with Crippen LogP contribution in [-0.2, 0) is 0 Å². The average Bonchev–Trinajstić information content (AvgIpc) is 2.63. The highest BCUT2D eigenvalue weighted by Crippen LogP contribution is 2.31. The van der Waals surface area contributed by atoms with E-state index < -0.39 is 4.92 Å². The van der Waals surface area contributed by atoms with Crippen LogP contribution in [0.3, 0.4) is 0 Å². The molecule has 0 spiro atoms. The van der Waals surface area contributed by atoms with E-state index in [-0.39, 0.29) is 11.8 Å². The van der Waals surface area contributed by atoms with E-state index >= 15 is 0 Å². The standard InChI is InChI=1S/C18H21N3O4/c1-4-13(2)25-18-14(6-5-7-17(18)24-3)12-19-20-15-8-10-16(11-9-15)21(22)23/h5-13,20H,4H2,1-3H3. The summed E-state index contributed by atoms with van der Waals surface area (Å²) in [5, 5.41) is 14.8. The van der Waals surface area contributed by atoms with Crippen LogP contribution in [0.4, 0.5) is 11.4 Å². The van der Waals surface area contributed by atoms with Gasteiger partial charge in [-0.2, -0.15) is 5.10 Å².